The molecule has 0 saturated carbocycles. The zero-order chi connectivity index (χ0) is 12.8. The molecule has 1 aromatic rings. The Morgan fingerprint density at radius 1 is 1.47 bits per heavy atom. The average Bonchev–Trinajstić information content (AvgIpc) is 2.29. The number of carbonyl (C=O) groups is 1. The summed E-state index contributed by atoms with van der Waals surface area (Å²) in [5.41, 5.74) is 12.4. The summed E-state index contributed by atoms with van der Waals surface area (Å²) >= 11 is 0. The number of carbonyl (C=O) groups excluding carboxylic acids is 1. The van der Waals surface area contributed by atoms with Gasteiger partial charge in [0.25, 0.3) is 0 Å². The Morgan fingerprint density at radius 2 is 2.06 bits per heavy atom. The standard InChI is InChI=1S/C12H20N4O/c1-3-10(13)12(16(2)8-11(14)17)9-4-6-15-7-5-9/h4-7,10,12H,3,8,13H2,1-2H3,(H2,14,17). The van der Waals surface area contributed by atoms with Crippen molar-refractivity contribution >= 4 is 5.91 Å². The summed E-state index contributed by atoms with van der Waals surface area (Å²) in [6.45, 7) is 2.22. The van der Waals surface area contributed by atoms with Crippen molar-refractivity contribution in [2.75, 3.05) is 13.6 Å². The van der Waals surface area contributed by atoms with E-state index in [9.17, 15) is 4.79 Å². The van der Waals surface area contributed by atoms with Crippen molar-refractivity contribution in [3.05, 3.63) is 30.1 Å². The summed E-state index contributed by atoms with van der Waals surface area (Å²) in [7, 11) is 1.85. The summed E-state index contributed by atoms with van der Waals surface area (Å²) < 4.78 is 0. The molecule has 1 amide bonds. The van der Waals surface area contributed by atoms with Crippen LogP contribution in [0.2, 0.25) is 0 Å². The van der Waals surface area contributed by atoms with E-state index in [4.69, 9.17) is 11.5 Å². The second-order valence-corrected chi connectivity index (χ2v) is 4.18. The van der Waals surface area contributed by atoms with Crippen LogP contribution in [0.15, 0.2) is 24.5 Å². The molecule has 0 spiro atoms. The molecule has 2 unspecified atom stereocenters. The average molecular weight is 236 g/mol. The van der Waals surface area contributed by atoms with E-state index in [1.807, 2.05) is 31.0 Å². The highest BCUT2D eigenvalue weighted by Crippen LogP contribution is 2.22. The monoisotopic (exact) mass is 236 g/mol. The number of likely N-dealkylation sites (N-methyl/N-ethyl adjacent to an activating group) is 1. The van der Waals surface area contributed by atoms with Gasteiger partial charge in [-0.3, -0.25) is 14.7 Å². The van der Waals surface area contributed by atoms with E-state index in [1.165, 1.54) is 0 Å². The maximum absolute atomic E-state index is 11.0. The first-order valence-corrected chi connectivity index (χ1v) is 5.70. The number of nitrogens with two attached hydrogens (primary N) is 2. The van der Waals surface area contributed by atoms with Crippen molar-refractivity contribution in [1.82, 2.24) is 9.88 Å². The van der Waals surface area contributed by atoms with Gasteiger partial charge in [0.2, 0.25) is 5.91 Å². The minimum absolute atomic E-state index is 0.0181. The molecule has 0 aliphatic carbocycles. The van der Waals surface area contributed by atoms with Gasteiger partial charge < -0.3 is 11.5 Å². The van der Waals surface area contributed by atoms with Crippen molar-refractivity contribution in [2.24, 2.45) is 11.5 Å². The van der Waals surface area contributed by atoms with Gasteiger partial charge in [0.05, 0.1) is 12.6 Å². The van der Waals surface area contributed by atoms with Crippen molar-refractivity contribution in [1.29, 1.82) is 0 Å². The molecule has 0 saturated heterocycles. The number of rotatable bonds is 6. The first-order valence-electron chi connectivity index (χ1n) is 5.70. The highest BCUT2D eigenvalue weighted by Gasteiger charge is 2.23. The summed E-state index contributed by atoms with van der Waals surface area (Å²) in [5.74, 6) is -0.352. The Labute approximate surface area is 102 Å². The topological polar surface area (TPSA) is 85.2 Å². The van der Waals surface area contributed by atoms with Crippen LogP contribution in [0.1, 0.15) is 24.9 Å². The Bertz CT molecular complexity index is 355. The van der Waals surface area contributed by atoms with Crippen molar-refractivity contribution in [3.8, 4) is 0 Å². The predicted molar refractivity (Wildman–Crippen MR) is 67.1 cm³/mol. The van der Waals surface area contributed by atoms with Gasteiger partial charge in [-0.05, 0) is 31.2 Å². The van der Waals surface area contributed by atoms with Crippen LogP contribution < -0.4 is 11.5 Å². The highest BCUT2D eigenvalue weighted by atomic mass is 16.1. The fraction of sp³-hybridized carbons (Fsp3) is 0.500. The molecule has 4 N–H and O–H groups in total. The fourth-order valence-corrected chi connectivity index (χ4v) is 1.96. The van der Waals surface area contributed by atoms with Crippen LogP contribution in [0.5, 0.6) is 0 Å². The van der Waals surface area contributed by atoms with Crippen molar-refractivity contribution in [3.63, 3.8) is 0 Å². The van der Waals surface area contributed by atoms with Gasteiger partial charge in [0, 0.05) is 18.4 Å². The van der Waals surface area contributed by atoms with E-state index in [-0.39, 0.29) is 24.5 Å². The molecule has 2 atom stereocenters. The number of hydrogen-bond acceptors (Lipinski definition) is 4. The third-order valence-electron chi connectivity index (χ3n) is 2.80. The second-order valence-electron chi connectivity index (χ2n) is 4.18. The lowest BCUT2D eigenvalue weighted by molar-refractivity contribution is -0.119. The minimum atomic E-state index is -0.352. The van der Waals surface area contributed by atoms with E-state index in [0.717, 1.165) is 12.0 Å². The first kappa shape index (κ1) is 13.6. The number of pyridine rings is 1. The maximum atomic E-state index is 11.0. The van der Waals surface area contributed by atoms with Gasteiger partial charge in [-0.25, -0.2) is 0 Å². The van der Waals surface area contributed by atoms with Crippen molar-refractivity contribution < 1.29 is 4.79 Å². The van der Waals surface area contributed by atoms with Crippen LogP contribution >= 0.6 is 0 Å². The Kier molecular flexibility index (Phi) is 5.06. The third kappa shape index (κ3) is 3.80. The van der Waals surface area contributed by atoms with Crippen LogP contribution in [0.4, 0.5) is 0 Å². The van der Waals surface area contributed by atoms with Gasteiger partial charge in [-0.1, -0.05) is 6.92 Å². The quantitative estimate of drug-likeness (QED) is 0.742. The molecule has 94 valence electrons. The molecule has 5 nitrogen and oxygen atoms in total. The summed E-state index contributed by atoms with van der Waals surface area (Å²) in [6.07, 6.45) is 4.28. The zero-order valence-electron chi connectivity index (χ0n) is 10.3. The summed E-state index contributed by atoms with van der Waals surface area (Å²) in [4.78, 5) is 16.8. The van der Waals surface area contributed by atoms with Gasteiger partial charge in [-0.2, -0.15) is 0 Å². The molecule has 0 fully saturated rings. The summed E-state index contributed by atoms with van der Waals surface area (Å²) in [6, 6.07) is 3.77. The van der Waals surface area contributed by atoms with Crippen LogP contribution in [-0.2, 0) is 4.79 Å². The van der Waals surface area contributed by atoms with E-state index in [1.54, 1.807) is 12.4 Å². The Hall–Kier alpha value is -1.46. The van der Waals surface area contributed by atoms with Crippen LogP contribution in [0.3, 0.4) is 0 Å². The normalized spacial score (nSPS) is 14.6. The lowest BCUT2D eigenvalue weighted by atomic mass is 9.97. The molecule has 17 heavy (non-hydrogen) atoms. The molecular formula is C12H20N4O. The van der Waals surface area contributed by atoms with E-state index in [2.05, 4.69) is 4.98 Å². The molecule has 1 aromatic heterocycles. The molecule has 0 aliphatic heterocycles. The van der Waals surface area contributed by atoms with Crippen molar-refractivity contribution in [2.45, 2.75) is 25.4 Å². The number of amides is 1. The van der Waals surface area contributed by atoms with Gasteiger partial charge in [0.1, 0.15) is 0 Å². The fourth-order valence-electron chi connectivity index (χ4n) is 1.96. The van der Waals surface area contributed by atoms with Crippen LogP contribution in [-0.4, -0.2) is 35.4 Å². The molecule has 1 rings (SSSR count). The molecular weight excluding hydrogens is 216 g/mol. The molecule has 1 heterocycles. The number of hydrogen-bond donors (Lipinski definition) is 2. The third-order valence-corrected chi connectivity index (χ3v) is 2.80. The number of primary amides is 1. The smallest absolute Gasteiger partial charge is 0.231 e. The molecule has 5 heteroatoms. The maximum Gasteiger partial charge on any atom is 0.231 e. The van der Waals surface area contributed by atoms with E-state index < -0.39 is 0 Å². The SMILES string of the molecule is CCC(N)C(c1ccncc1)N(C)CC(N)=O. The van der Waals surface area contributed by atoms with Crippen LogP contribution in [0, 0.1) is 0 Å². The predicted octanol–water partition coefficient (Wildman–Crippen LogP) is 0.277. The number of aromatic nitrogens is 1. The molecule has 0 radical (unpaired) electrons. The molecule has 0 bridgehead atoms. The molecule has 0 aliphatic rings. The lowest BCUT2D eigenvalue weighted by Gasteiger charge is -2.31. The Morgan fingerprint density at radius 3 is 2.53 bits per heavy atom. The zero-order valence-corrected chi connectivity index (χ0v) is 10.3. The van der Waals surface area contributed by atoms with Gasteiger partial charge in [-0.15, -0.1) is 0 Å². The van der Waals surface area contributed by atoms with Crippen LogP contribution in [0.25, 0.3) is 0 Å². The molecule has 0 aromatic carbocycles. The van der Waals surface area contributed by atoms with E-state index >= 15 is 0 Å². The highest BCUT2D eigenvalue weighted by molar-refractivity contribution is 5.75. The number of nitrogens with zero attached hydrogens (tertiary/aromatic N) is 2. The first-order chi connectivity index (χ1) is 8.06. The lowest BCUT2D eigenvalue weighted by Crippen LogP contribution is -2.42. The Balaban J connectivity index is 2.92. The largest absolute Gasteiger partial charge is 0.369 e. The van der Waals surface area contributed by atoms with E-state index in [0.29, 0.717) is 0 Å². The minimum Gasteiger partial charge on any atom is -0.369 e. The van der Waals surface area contributed by atoms with Gasteiger partial charge in [0.15, 0.2) is 0 Å². The van der Waals surface area contributed by atoms with Gasteiger partial charge >= 0.3 is 0 Å². The summed E-state index contributed by atoms with van der Waals surface area (Å²) in [5, 5.41) is 0. The second kappa shape index (κ2) is 6.32.